The van der Waals surface area contributed by atoms with Crippen molar-refractivity contribution in [1.82, 2.24) is 9.80 Å². The van der Waals surface area contributed by atoms with Crippen molar-refractivity contribution in [2.24, 2.45) is 17.6 Å². The summed E-state index contributed by atoms with van der Waals surface area (Å²) in [5.74, 6) is 1.49. The average molecular weight is 372 g/mol. The van der Waals surface area contributed by atoms with E-state index in [0.29, 0.717) is 56.8 Å². The lowest BCUT2D eigenvalue weighted by Crippen LogP contribution is -2.51. The van der Waals surface area contributed by atoms with Gasteiger partial charge in [-0.2, -0.15) is 0 Å². The molecular weight excluding hydrogens is 338 g/mol. The maximum atomic E-state index is 12.5. The number of carbonyl (C=O) groups excluding carboxylic acids is 2. The normalized spacial score (nSPS) is 27.9. The van der Waals surface area contributed by atoms with E-state index in [4.69, 9.17) is 5.73 Å². The molecule has 0 aromatic rings. The maximum Gasteiger partial charge on any atom is 0.223 e. The van der Waals surface area contributed by atoms with Gasteiger partial charge in [0.1, 0.15) is 0 Å². The molecule has 0 bridgehead atoms. The van der Waals surface area contributed by atoms with Crippen molar-refractivity contribution in [3.05, 3.63) is 0 Å². The highest BCUT2D eigenvalue weighted by Gasteiger charge is 2.30. The Labute approximate surface area is 158 Å². The second-order valence-electron chi connectivity index (χ2n) is 8.03. The second-order valence-corrected chi connectivity index (χ2v) is 8.03. The summed E-state index contributed by atoms with van der Waals surface area (Å²) in [6.07, 6.45) is 10.9. The summed E-state index contributed by atoms with van der Waals surface area (Å²) in [5, 5.41) is 0. The lowest BCUT2D eigenvalue weighted by atomic mass is 9.86. The van der Waals surface area contributed by atoms with Crippen LogP contribution >= 0.6 is 12.4 Å². The average Bonchev–Trinajstić information content (AvgIpc) is 3.00. The smallest absolute Gasteiger partial charge is 0.223 e. The molecule has 5 nitrogen and oxygen atoms in total. The summed E-state index contributed by atoms with van der Waals surface area (Å²) in [6, 6.07) is 0.201. The molecule has 3 rings (SSSR count). The number of hydrogen-bond donors (Lipinski definition) is 1. The Morgan fingerprint density at radius 1 is 0.760 bits per heavy atom. The van der Waals surface area contributed by atoms with Gasteiger partial charge < -0.3 is 15.5 Å². The van der Waals surface area contributed by atoms with E-state index >= 15 is 0 Å². The van der Waals surface area contributed by atoms with Crippen molar-refractivity contribution in [1.29, 1.82) is 0 Å². The molecular formula is C19H34ClN3O2. The number of amides is 2. The van der Waals surface area contributed by atoms with E-state index in [1.165, 1.54) is 32.1 Å². The van der Waals surface area contributed by atoms with Gasteiger partial charge in [0.25, 0.3) is 0 Å². The van der Waals surface area contributed by atoms with E-state index in [1.54, 1.807) is 0 Å². The first-order valence-corrected chi connectivity index (χ1v) is 9.94. The molecule has 2 amide bonds. The Morgan fingerprint density at radius 2 is 1.32 bits per heavy atom. The van der Waals surface area contributed by atoms with Crippen LogP contribution in [0.5, 0.6) is 0 Å². The number of hydrogen-bond acceptors (Lipinski definition) is 3. The van der Waals surface area contributed by atoms with Crippen LogP contribution in [-0.4, -0.2) is 53.8 Å². The molecule has 2 N–H and O–H groups in total. The second kappa shape index (κ2) is 9.77. The van der Waals surface area contributed by atoms with Gasteiger partial charge >= 0.3 is 0 Å². The molecule has 1 saturated heterocycles. The van der Waals surface area contributed by atoms with Crippen LogP contribution in [0.15, 0.2) is 0 Å². The van der Waals surface area contributed by atoms with Crippen molar-refractivity contribution in [3.8, 4) is 0 Å². The number of halogens is 1. The lowest BCUT2D eigenvalue weighted by Gasteiger charge is -2.36. The molecule has 0 aromatic carbocycles. The Morgan fingerprint density at radius 3 is 1.84 bits per heavy atom. The minimum atomic E-state index is 0. The number of nitrogens with zero attached hydrogens (tertiary/aromatic N) is 2. The standard InChI is InChI=1S/C19H33N3O2.ClH/c20-17-8-4-7-16(17)14-19(24)22-11-9-21(10-12-22)18(23)13-15-5-2-1-3-6-15;/h15-17H,1-14,20H2;1H/t16-,17+;/m0./s1. The molecule has 0 radical (unpaired) electrons. The molecule has 2 saturated carbocycles. The van der Waals surface area contributed by atoms with Crippen molar-refractivity contribution in [2.45, 2.75) is 70.3 Å². The van der Waals surface area contributed by atoms with Crippen LogP contribution < -0.4 is 5.73 Å². The van der Waals surface area contributed by atoms with Crippen LogP contribution in [0.2, 0.25) is 0 Å². The first-order chi connectivity index (χ1) is 11.6. The number of nitrogens with two attached hydrogens (primary N) is 1. The van der Waals surface area contributed by atoms with E-state index in [-0.39, 0.29) is 24.4 Å². The zero-order valence-corrected chi connectivity index (χ0v) is 16.1. The van der Waals surface area contributed by atoms with Crippen LogP contribution in [-0.2, 0) is 9.59 Å². The molecule has 3 aliphatic rings. The van der Waals surface area contributed by atoms with Crippen LogP contribution in [0.1, 0.15) is 64.2 Å². The summed E-state index contributed by atoms with van der Waals surface area (Å²) in [7, 11) is 0. The van der Waals surface area contributed by atoms with E-state index < -0.39 is 0 Å². The SMILES string of the molecule is Cl.N[C@@H]1CCC[C@H]1CC(=O)N1CCN(C(=O)CC2CCCCC2)CC1. The lowest BCUT2D eigenvalue weighted by molar-refractivity contribution is -0.140. The van der Waals surface area contributed by atoms with E-state index in [1.807, 2.05) is 9.80 Å². The minimum Gasteiger partial charge on any atom is -0.339 e. The summed E-state index contributed by atoms with van der Waals surface area (Å²) < 4.78 is 0. The van der Waals surface area contributed by atoms with Gasteiger partial charge in [-0.3, -0.25) is 9.59 Å². The van der Waals surface area contributed by atoms with Gasteiger partial charge in [-0.05, 0) is 37.5 Å². The zero-order chi connectivity index (χ0) is 16.9. The van der Waals surface area contributed by atoms with Crippen LogP contribution in [0.4, 0.5) is 0 Å². The third kappa shape index (κ3) is 5.58. The maximum absolute atomic E-state index is 12.5. The van der Waals surface area contributed by atoms with E-state index in [2.05, 4.69) is 0 Å². The van der Waals surface area contributed by atoms with Gasteiger partial charge in [0.15, 0.2) is 0 Å². The van der Waals surface area contributed by atoms with E-state index in [0.717, 1.165) is 19.3 Å². The Hall–Kier alpha value is -0.810. The number of rotatable bonds is 4. The molecule has 0 spiro atoms. The summed E-state index contributed by atoms with van der Waals surface area (Å²) in [5.41, 5.74) is 6.08. The fraction of sp³-hybridized carbons (Fsp3) is 0.895. The van der Waals surface area contributed by atoms with Gasteiger partial charge in [0.2, 0.25) is 11.8 Å². The van der Waals surface area contributed by atoms with Crippen molar-refractivity contribution in [2.75, 3.05) is 26.2 Å². The first kappa shape index (κ1) is 20.5. The van der Waals surface area contributed by atoms with Gasteiger partial charge in [-0.15, -0.1) is 12.4 Å². The zero-order valence-electron chi connectivity index (χ0n) is 15.3. The molecule has 3 fully saturated rings. The Bertz CT molecular complexity index is 446. The fourth-order valence-corrected chi connectivity index (χ4v) is 4.64. The Kier molecular flexibility index (Phi) is 8.01. The fourth-order valence-electron chi connectivity index (χ4n) is 4.64. The van der Waals surface area contributed by atoms with Crippen LogP contribution in [0, 0.1) is 11.8 Å². The molecule has 144 valence electrons. The van der Waals surface area contributed by atoms with E-state index in [9.17, 15) is 9.59 Å². The predicted octanol–water partition coefficient (Wildman–Crippen LogP) is 2.57. The highest BCUT2D eigenvalue weighted by molar-refractivity contribution is 5.85. The van der Waals surface area contributed by atoms with Gasteiger partial charge in [-0.25, -0.2) is 0 Å². The summed E-state index contributed by atoms with van der Waals surface area (Å²) in [6.45, 7) is 2.79. The Balaban J connectivity index is 0.00000225. The monoisotopic (exact) mass is 371 g/mol. The van der Waals surface area contributed by atoms with Gasteiger partial charge in [0, 0.05) is 45.1 Å². The minimum absolute atomic E-state index is 0. The third-order valence-corrected chi connectivity index (χ3v) is 6.33. The highest BCUT2D eigenvalue weighted by atomic mass is 35.5. The molecule has 0 unspecified atom stereocenters. The summed E-state index contributed by atoms with van der Waals surface area (Å²) in [4.78, 5) is 28.8. The van der Waals surface area contributed by atoms with Crippen molar-refractivity contribution >= 4 is 24.2 Å². The molecule has 2 atom stereocenters. The van der Waals surface area contributed by atoms with Gasteiger partial charge in [-0.1, -0.05) is 25.7 Å². The molecule has 1 heterocycles. The topological polar surface area (TPSA) is 66.6 Å². The largest absolute Gasteiger partial charge is 0.339 e. The van der Waals surface area contributed by atoms with Crippen molar-refractivity contribution in [3.63, 3.8) is 0 Å². The summed E-state index contributed by atoms with van der Waals surface area (Å²) >= 11 is 0. The van der Waals surface area contributed by atoms with Crippen LogP contribution in [0.25, 0.3) is 0 Å². The quantitative estimate of drug-likeness (QED) is 0.825. The molecule has 25 heavy (non-hydrogen) atoms. The molecule has 2 aliphatic carbocycles. The highest BCUT2D eigenvalue weighted by Crippen LogP contribution is 2.28. The van der Waals surface area contributed by atoms with Gasteiger partial charge in [0.05, 0.1) is 0 Å². The molecule has 0 aromatic heterocycles. The third-order valence-electron chi connectivity index (χ3n) is 6.33. The molecule has 6 heteroatoms. The number of carbonyl (C=O) groups is 2. The predicted molar refractivity (Wildman–Crippen MR) is 102 cm³/mol. The van der Waals surface area contributed by atoms with Crippen molar-refractivity contribution < 1.29 is 9.59 Å². The van der Waals surface area contributed by atoms with Crippen LogP contribution in [0.3, 0.4) is 0 Å². The first-order valence-electron chi connectivity index (χ1n) is 9.94. The number of piperazine rings is 1. The molecule has 1 aliphatic heterocycles.